The maximum absolute atomic E-state index is 13.3. The first kappa shape index (κ1) is 23.1. The molecule has 0 saturated carbocycles. The number of nitrogens with zero attached hydrogens (tertiary/aromatic N) is 1. The molecule has 1 saturated heterocycles. The summed E-state index contributed by atoms with van der Waals surface area (Å²) in [6.45, 7) is 4.23. The van der Waals surface area contributed by atoms with Crippen LogP contribution in [0, 0.1) is 6.92 Å². The van der Waals surface area contributed by atoms with Crippen molar-refractivity contribution in [2.45, 2.75) is 19.9 Å². The van der Waals surface area contributed by atoms with E-state index in [1.807, 2.05) is 13.8 Å². The van der Waals surface area contributed by atoms with Crippen LogP contribution in [0.4, 0.5) is 5.69 Å². The molecule has 1 fully saturated rings. The molecule has 33 heavy (non-hydrogen) atoms. The summed E-state index contributed by atoms with van der Waals surface area (Å²) < 4.78 is 6.51. The second kappa shape index (κ2) is 9.41. The molecule has 0 aliphatic carbocycles. The monoisotopic (exact) mass is 525 g/mol. The zero-order valence-corrected chi connectivity index (χ0v) is 20.4. The van der Waals surface area contributed by atoms with Crippen LogP contribution < -0.4 is 9.64 Å². The van der Waals surface area contributed by atoms with E-state index in [4.69, 9.17) is 16.3 Å². The number of halogens is 2. The van der Waals surface area contributed by atoms with Crippen LogP contribution in [-0.2, 0) is 9.59 Å². The Kier molecular flexibility index (Phi) is 6.58. The van der Waals surface area contributed by atoms with E-state index >= 15 is 0 Å². The highest BCUT2D eigenvalue weighted by Gasteiger charge is 2.47. The molecule has 1 aliphatic rings. The Hall–Kier alpha value is -3.09. The summed E-state index contributed by atoms with van der Waals surface area (Å²) in [4.78, 5) is 27.9. The van der Waals surface area contributed by atoms with Crippen LogP contribution in [0.2, 0.25) is 5.02 Å². The number of ketones is 1. The molecule has 7 heteroatoms. The zero-order chi connectivity index (χ0) is 23.7. The zero-order valence-electron chi connectivity index (χ0n) is 18.0. The largest absolute Gasteiger partial charge is 0.507 e. The molecular formula is C26H21BrClNO4. The van der Waals surface area contributed by atoms with Crippen LogP contribution in [-0.4, -0.2) is 23.4 Å². The summed E-state index contributed by atoms with van der Waals surface area (Å²) in [5.41, 5.74) is 2.44. The van der Waals surface area contributed by atoms with Gasteiger partial charge in [-0.05, 0) is 67.4 Å². The predicted molar refractivity (Wildman–Crippen MR) is 133 cm³/mol. The summed E-state index contributed by atoms with van der Waals surface area (Å²) in [5, 5.41) is 11.7. The minimum Gasteiger partial charge on any atom is -0.507 e. The molecule has 1 N–H and O–H groups in total. The molecular weight excluding hydrogens is 506 g/mol. The molecule has 1 atom stereocenters. The van der Waals surface area contributed by atoms with Gasteiger partial charge in [0.05, 0.1) is 18.2 Å². The summed E-state index contributed by atoms with van der Waals surface area (Å²) in [5.74, 6) is -1.13. The van der Waals surface area contributed by atoms with Crippen LogP contribution in [0.25, 0.3) is 5.76 Å². The van der Waals surface area contributed by atoms with E-state index in [-0.39, 0.29) is 11.3 Å². The Balaban J connectivity index is 1.96. The summed E-state index contributed by atoms with van der Waals surface area (Å²) in [7, 11) is 0. The number of Topliss-reactive ketones (excluding diaryl/α,β-unsaturated/α-hetero) is 1. The number of ether oxygens (including phenoxy) is 1. The van der Waals surface area contributed by atoms with Gasteiger partial charge in [-0.25, -0.2) is 0 Å². The third-order valence-electron chi connectivity index (χ3n) is 5.45. The van der Waals surface area contributed by atoms with Crippen molar-refractivity contribution in [3.05, 3.63) is 98.5 Å². The van der Waals surface area contributed by atoms with E-state index in [0.717, 1.165) is 10.0 Å². The quantitative estimate of drug-likeness (QED) is 0.236. The van der Waals surface area contributed by atoms with E-state index in [9.17, 15) is 14.7 Å². The average molecular weight is 527 g/mol. The minimum atomic E-state index is -0.854. The Morgan fingerprint density at radius 1 is 1.09 bits per heavy atom. The lowest BCUT2D eigenvalue weighted by atomic mass is 9.94. The summed E-state index contributed by atoms with van der Waals surface area (Å²) >= 11 is 9.63. The van der Waals surface area contributed by atoms with Gasteiger partial charge in [0, 0.05) is 20.7 Å². The van der Waals surface area contributed by atoms with Gasteiger partial charge in [0.1, 0.15) is 11.5 Å². The number of aryl methyl sites for hydroxylation is 1. The van der Waals surface area contributed by atoms with Crippen molar-refractivity contribution in [1.29, 1.82) is 0 Å². The van der Waals surface area contributed by atoms with Gasteiger partial charge in [-0.3, -0.25) is 14.5 Å². The van der Waals surface area contributed by atoms with Gasteiger partial charge in [0.15, 0.2) is 0 Å². The van der Waals surface area contributed by atoms with Crippen molar-refractivity contribution in [2.75, 3.05) is 11.5 Å². The molecule has 1 unspecified atom stereocenters. The van der Waals surface area contributed by atoms with Crippen LogP contribution in [0.15, 0.2) is 76.8 Å². The van der Waals surface area contributed by atoms with Crippen molar-refractivity contribution in [2.24, 2.45) is 0 Å². The maximum atomic E-state index is 13.3. The normalized spacial score (nSPS) is 17.5. The van der Waals surface area contributed by atoms with Gasteiger partial charge in [0.2, 0.25) is 0 Å². The summed E-state index contributed by atoms with van der Waals surface area (Å²) in [6.07, 6.45) is 0. The molecule has 0 spiro atoms. The van der Waals surface area contributed by atoms with Crippen molar-refractivity contribution < 1.29 is 19.4 Å². The Labute approximate surface area is 205 Å². The second-order valence-electron chi connectivity index (χ2n) is 7.62. The average Bonchev–Trinajstić information content (AvgIpc) is 3.06. The smallest absolute Gasteiger partial charge is 0.300 e. The maximum Gasteiger partial charge on any atom is 0.300 e. The number of benzene rings is 3. The van der Waals surface area contributed by atoms with Crippen LogP contribution in [0.3, 0.4) is 0 Å². The standard InChI is InChI=1S/C26H21BrClNO4/c1-3-33-20-9-4-6-16(13-20)23-22(24(30)17-10-11-21(27)15(2)12-17)25(31)26(32)29(23)19-8-5-7-18(28)14-19/h4-14,23,30H,3H2,1-2H3/b24-22+. The lowest BCUT2D eigenvalue weighted by molar-refractivity contribution is -0.132. The number of rotatable bonds is 5. The molecule has 3 aromatic rings. The van der Waals surface area contributed by atoms with Crippen molar-refractivity contribution in [3.8, 4) is 5.75 Å². The molecule has 0 bridgehead atoms. The Bertz CT molecular complexity index is 1290. The molecule has 1 heterocycles. The highest BCUT2D eigenvalue weighted by Crippen LogP contribution is 2.43. The van der Waals surface area contributed by atoms with Crippen LogP contribution in [0.5, 0.6) is 5.75 Å². The first-order valence-electron chi connectivity index (χ1n) is 10.4. The molecule has 3 aromatic carbocycles. The second-order valence-corrected chi connectivity index (χ2v) is 8.91. The van der Waals surface area contributed by atoms with Crippen molar-refractivity contribution in [3.63, 3.8) is 0 Å². The molecule has 1 amide bonds. The van der Waals surface area contributed by atoms with Crippen LogP contribution >= 0.6 is 27.5 Å². The number of aliphatic hydroxyl groups excluding tert-OH is 1. The van der Waals surface area contributed by atoms with Gasteiger partial charge in [0.25, 0.3) is 11.7 Å². The molecule has 1 aliphatic heterocycles. The molecule has 168 valence electrons. The van der Waals surface area contributed by atoms with E-state index in [1.165, 1.54) is 4.90 Å². The van der Waals surface area contributed by atoms with E-state index in [1.54, 1.807) is 66.7 Å². The fourth-order valence-electron chi connectivity index (χ4n) is 3.93. The van der Waals surface area contributed by atoms with Crippen molar-refractivity contribution >= 4 is 50.7 Å². The van der Waals surface area contributed by atoms with Crippen molar-refractivity contribution in [1.82, 2.24) is 0 Å². The Morgan fingerprint density at radius 3 is 2.55 bits per heavy atom. The van der Waals surface area contributed by atoms with Gasteiger partial charge < -0.3 is 9.84 Å². The number of anilines is 1. The first-order chi connectivity index (χ1) is 15.8. The number of carbonyl (C=O) groups is 2. The third-order valence-corrected chi connectivity index (χ3v) is 6.57. The third kappa shape index (κ3) is 4.41. The highest BCUT2D eigenvalue weighted by molar-refractivity contribution is 9.10. The lowest BCUT2D eigenvalue weighted by Gasteiger charge is -2.26. The number of aliphatic hydroxyl groups is 1. The molecule has 4 rings (SSSR count). The lowest BCUT2D eigenvalue weighted by Crippen LogP contribution is -2.29. The number of carbonyl (C=O) groups excluding carboxylic acids is 2. The van der Waals surface area contributed by atoms with Crippen LogP contribution in [0.1, 0.15) is 29.7 Å². The van der Waals surface area contributed by atoms with Gasteiger partial charge >= 0.3 is 0 Å². The topological polar surface area (TPSA) is 66.8 Å². The number of hydrogen-bond donors (Lipinski definition) is 1. The SMILES string of the molecule is CCOc1cccc(C2/C(=C(\O)c3ccc(Br)c(C)c3)C(=O)C(=O)N2c2cccc(Cl)c2)c1. The summed E-state index contributed by atoms with van der Waals surface area (Å²) in [6, 6.07) is 18.3. The number of amides is 1. The van der Waals surface area contributed by atoms with Gasteiger partial charge in [-0.15, -0.1) is 0 Å². The number of hydrogen-bond acceptors (Lipinski definition) is 4. The van der Waals surface area contributed by atoms with E-state index in [2.05, 4.69) is 15.9 Å². The van der Waals surface area contributed by atoms with E-state index < -0.39 is 17.7 Å². The highest BCUT2D eigenvalue weighted by atomic mass is 79.9. The fourth-order valence-corrected chi connectivity index (χ4v) is 4.36. The predicted octanol–water partition coefficient (Wildman–Crippen LogP) is 6.44. The van der Waals surface area contributed by atoms with Gasteiger partial charge in [-0.2, -0.15) is 0 Å². The molecule has 5 nitrogen and oxygen atoms in total. The Morgan fingerprint density at radius 2 is 1.85 bits per heavy atom. The minimum absolute atomic E-state index is 0.00958. The molecule has 0 radical (unpaired) electrons. The van der Waals surface area contributed by atoms with E-state index in [0.29, 0.717) is 34.2 Å². The first-order valence-corrected chi connectivity index (χ1v) is 11.5. The van der Waals surface area contributed by atoms with Gasteiger partial charge in [-0.1, -0.05) is 51.8 Å². The molecule has 0 aromatic heterocycles. The fraction of sp³-hybridized carbons (Fsp3) is 0.154.